The monoisotopic (exact) mass is 242 g/mol. The molecule has 3 aromatic rings. The van der Waals surface area contributed by atoms with E-state index >= 15 is 0 Å². The van der Waals surface area contributed by atoms with Gasteiger partial charge in [-0.3, -0.25) is 0 Å². The van der Waals surface area contributed by atoms with Gasteiger partial charge >= 0.3 is 0 Å². The second-order valence-electron chi connectivity index (χ2n) is 4.05. The van der Waals surface area contributed by atoms with Crippen LogP contribution in [0.4, 0.5) is 4.39 Å². The largest absolute Gasteiger partial charge is 0.392 e. The topological polar surface area (TPSA) is 38.0 Å². The van der Waals surface area contributed by atoms with Crippen LogP contribution in [0.5, 0.6) is 0 Å². The maximum Gasteiger partial charge on any atom is 0.123 e. The van der Waals surface area contributed by atoms with Crippen LogP contribution in [0, 0.1) is 5.82 Å². The highest BCUT2D eigenvalue weighted by molar-refractivity contribution is 5.80. The van der Waals surface area contributed by atoms with Gasteiger partial charge in [-0.1, -0.05) is 18.2 Å². The van der Waals surface area contributed by atoms with E-state index in [2.05, 4.69) is 5.10 Å². The van der Waals surface area contributed by atoms with E-state index in [1.54, 1.807) is 16.9 Å². The quantitative estimate of drug-likeness (QED) is 0.750. The number of aromatic nitrogens is 2. The zero-order valence-corrected chi connectivity index (χ0v) is 9.55. The van der Waals surface area contributed by atoms with Crippen LogP contribution < -0.4 is 0 Å². The molecule has 4 heteroatoms. The maximum atomic E-state index is 13.1. The van der Waals surface area contributed by atoms with Crippen molar-refractivity contribution in [3.05, 3.63) is 60.0 Å². The van der Waals surface area contributed by atoms with Gasteiger partial charge in [-0.15, -0.1) is 0 Å². The number of hydrogen-bond acceptors (Lipinski definition) is 2. The first-order chi connectivity index (χ1) is 8.79. The van der Waals surface area contributed by atoms with Crippen molar-refractivity contribution in [1.29, 1.82) is 0 Å². The van der Waals surface area contributed by atoms with Crippen molar-refractivity contribution in [1.82, 2.24) is 9.78 Å². The number of rotatable bonds is 2. The number of para-hydroxylation sites is 1. The lowest BCUT2D eigenvalue weighted by atomic mass is 10.1. The molecule has 0 aliphatic heterocycles. The van der Waals surface area contributed by atoms with Crippen LogP contribution >= 0.6 is 0 Å². The Kier molecular flexibility index (Phi) is 2.57. The summed E-state index contributed by atoms with van der Waals surface area (Å²) in [6.07, 6.45) is 1.75. The van der Waals surface area contributed by atoms with E-state index in [-0.39, 0.29) is 12.4 Å². The van der Waals surface area contributed by atoms with Crippen LogP contribution in [0.15, 0.2) is 48.7 Å². The zero-order chi connectivity index (χ0) is 12.5. The van der Waals surface area contributed by atoms with Crippen molar-refractivity contribution < 1.29 is 9.50 Å². The number of nitrogens with zero attached hydrogens (tertiary/aromatic N) is 2. The van der Waals surface area contributed by atoms with Gasteiger partial charge in [0.25, 0.3) is 0 Å². The minimum Gasteiger partial charge on any atom is -0.392 e. The van der Waals surface area contributed by atoms with Gasteiger partial charge in [0.2, 0.25) is 0 Å². The highest BCUT2D eigenvalue weighted by atomic mass is 19.1. The van der Waals surface area contributed by atoms with E-state index in [4.69, 9.17) is 0 Å². The highest BCUT2D eigenvalue weighted by Crippen LogP contribution is 2.21. The number of halogens is 1. The third-order valence-electron chi connectivity index (χ3n) is 2.92. The maximum absolute atomic E-state index is 13.1. The lowest BCUT2D eigenvalue weighted by molar-refractivity contribution is 0.281. The van der Waals surface area contributed by atoms with Crippen LogP contribution in [0.1, 0.15) is 5.56 Å². The molecular formula is C14H11FN2O. The van der Waals surface area contributed by atoms with Gasteiger partial charge in [-0.05, 0) is 24.3 Å². The molecule has 0 spiro atoms. The van der Waals surface area contributed by atoms with Crippen LogP contribution in [0.3, 0.4) is 0 Å². The average molecular weight is 242 g/mol. The van der Waals surface area contributed by atoms with Gasteiger partial charge in [-0.2, -0.15) is 5.10 Å². The molecule has 1 heterocycles. The summed E-state index contributed by atoms with van der Waals surface area (Å²) in [5.74, 6) is -0.362. The average Bonchev–Trinajstić information content (AvgIpc) is 2.82. The molecule has 0 fully saturated rings. The first-order valence-corrected chi connectivity index (χ1v) is 5.62. The summed E-state index contributed by atoms with van der Waals surface area (Å²) in [5, 5.41) is 14.6. The van der Waals surface area contributed by atoms with E-state index in [1.165, 1.54) is 12.1 Å². The third-order valence-corrected chi connectivity index (χ3v) is 2.92. The fraction of sp³-hybridized carbons (Fsp3) is 0.0714. The lowest BCUT2D eigenvalue weighted by Gasteiger charge is -2.08. The number of fused-ring (bicyclic) bond motifs is 1. The first kappa shape index (κ1) is 10.9. The van der Waals surface area contributed by atoms with E-state index in [0.717, 1.165) is 10.9 Å². The van der Waals surface area contributed by atoms with Crippen LogP contribution in [0.2, 0.25) is 0 Å². The van der Waals surface area contributed by atoms with Gasteiger partial charge in [0.15, 0.2) is 0 Å². The predicted molar refractivity (Wildman–Crippen MR) is 67.0 cm³/mol. The molecule has 2 aromatic carbocycles. The molecule has 1 N–H and O–H groups in total. The Balaban J connectivity index is 2.26. The van der Waals surface area contributed by atoms with Crippen molar-refractivity contribution in [3.8, 4) is 5.69 Å². The Bertz CT molecular complexity index is 706. The number of benzene rings is 2. The lowest BCUT2D eigenvalue weighted by Crippen LogP contribution is -2.01. The van der Waals surface area contributed by atoms with Gasteiger partial charge in [0.05, 0.1) is 24.0 Å². The van der Waals surface area contributed by atoms with Crippen molar-refractivity contribution in [2.75, 3.05) is 0 Å². The summed E-state index contributed by atoms with van der Waals surface area (Å²) in [6.45, 7) is -0.221. The van der Waals surface area contributed by atoms with Crippen LogP contribution in [0.25, 0.3) is 16.6 Å². The molecule has 0 unspecified atom stereocenters. The van der Waals surface area contributed by atoms with E-state index < -0.39 is 0 Å². The van der Waals surface area contributed by atoms with E-state index in [1.807, 2.05) is 24.3 Å². The molecule has 18 heavy (non-hydrogen) atoms. The summed E-state index contributed by atoms with van der Waals surface area (Å²) >= 11 is 0. The molecule has 0 radical (unpaired) electrons. The van der Waals surface area contributed by atoms with Crippen molar-refractivity contribution in [2.45, 2.75) is 6.61 Å². The molecule has 0 aliphatic carbocycles. The molecule has 1 aromatic heterocycles. The number of hydrogen-bond donors (Lipinski definition) is 1. The SMILES string of the molecule is OCc1cc(F)ccc1-n1ncc2ccccc21. The molecule has 0 bridgehead atoms. The normalized spacial score (nSPS) is 11.0. The van der Waals surface area contributed by atoms with Crippen molar-refractivity contribution in [3.63, 3.8) is 0 Å². The molecule has 0 aliphatic rings. The molecule has 3 nitrogen and oxygen atoms in total. The Labute approximate surface area is 103 Å². The zero-order valence-electron chi connectivity index (χ0n) is 9.55. The van der Waals surface area contributed by atoms with E-state index in [0.29, 0.717) is 11.3 Å². The Morgan fingerprint density at radius 1 is 1.17 bits per heavy atom. The highest BCUT2D eigenvalue weighted by Gasteiger charge is 2.09. The number of aliphatic hydroxyl groups is 1. The molecule has 3 rings (SSSR count). The second-order valence-corrected chi connectivity index (χ2v) is 4.05. The minimum absolute atomic E-state index is 0.221. The second kappa shape index (κ2) is 4.23. The van der Waals surface area contributed by atoms with Gasteiger partial charge in [0.1, 0.15) is 5.82 Å². The summed E-state index contributed by atoms with van der Waals surface area (Å²) in [6, 6.07) is 12.1. The standard InChI is InChI=1S/C14H11FN2O/c15-12-5-6-14(11(7-12)9-18)17-13-4-2-1-3-10(13)8-16-17/h1-8,18H,9H2. The van der Waals surface area contributed by atoms with Crippen molar-refractivity contribution in [2.24, 2.45) is 0 Å². The Morgan fingerprint density at radius 2 is 2.00 bits per heavy atom. The summed E-state index contributed by atoms with van der Waals surface area (Å²) in [5.41, 5.74) is 2.14. The van der Waals surface area contributed by atoms with Gasteiger partial charge < -0.3 is 5.11 Å². The Morgan fingerprint density at radius 3 is 2.83 bits per heavy atom. The third kappa shape index (κ3) is 1.67. The Hall–Kier alpha value is -2.20. The van der Waals surface area contributed by atoms with Gasteiger partial charge in [0, 0.05) is 10.9 Å². The first-order valence-electron chi connectivity index (χ1n) is 5.62. The summed E-state index contributed by atoms with van der Waals surface area (Å²) in [7, 11) is 0. The minimum atomic E-state index is -0.362. The molecule has 0 saturated heterocycles. The summed E-state index contributed by atoms with van der Waals surface area (Å²) in [4.78, 5) is 0. The van der Waals surface area contributed by atoms with E-state index in [9.17, 15) is 9.50 Å². The van der Waals surface area contributed by atoms with Gasteiger partial charge in [-0.25, -0.2) is 9.07 Å². The molecule has 0 saturated carbocycles. The fourth-order valence-electron chi connectivity index (χ4n) is 2.05. The van der Waals surface area contributed by atoms with Crippen LogP contribution in [-0.2, 0) is 6.61 Å². The molecule has 0 amide bonds. The number of aliphatic hydroxyl groups excluding tert-OH is 1. The smallest absolute Gasteiger partial charge is 0.123 e. The summed E-state index contributed by atoms with van der Waals surface area (Å²) < 4.78 is 14.9. The predicted octanol–water partition coefficient (Wildman–Crippen LogP) is 2.66. The molecule has 90 valence electrons. The van der Waals surface area contributed by atoms with Crippen molar-refractivity contribution >= 4 is 10.9 Å². The fourth-order valence-corrected chi connectivity index (χ4v) is 2.05. The molecule has 0 atom stereocenters. The van der Waals surface area contributed by atoms with Crippen LogP contribution in [-0.4, -0.2) is 14.9 Å². The molecular weight excluding hydrogens is 231 g/mol.